The number of aromatic nitrogens is 5. The van der Waals surface area contributed by atoms with Crippen LogP contribution in [0, 0.1) is 0 Å². The molecule has 0 unspecified atom stereocenters. The second-order valence-corrected chi connectivity index (χ2v) is 6.36. The number of hydrogen-bond acceptors (Lipinski definition) is 7. The largest absolute Gasteiger partial charge is 0.370 e. The van der Waals surface area contributed by atoms with Gasteiger partial charge in [-0.1, -0.05) is 17.0 Å². The van der Waals surface area contributed by atoms with Crippen molar-refractivity contribution >= 4 is 17.7 Å². The molecule has 23 heavy (non-hydrogen) atoms. The van der Waals surface area contributed by atoms with Gasteiger partial charge in [0.15, 0.2) is 5.16 Å². The van der Waals surface area contributed by atoms with E-state index in [1.165, 1.54) is 11.8 Å². The second kappa shape index (κ2) is 5.89. The molecule has 1 amide bonds. The van der Waals surface area contributed by atoms with Gasteiger partial charge < -0.3 is 9.64 Å². The fraction of sp³-hybridized carbons (Fsp3) is 0.500. The van der Waals surface area contributed by atoms with Crippen LogP contribution in [0.1, 0.15) is 28.5 Å². The maximum atomic E-state index is 12.7. The minimum atomic E-state index is -0.0525. The summed E-state index contributed by atoms with van der Waals surface area (Å²) in [7, 11) is 0. The number of likely N-dealkylation sites (tertiary alicyclic amines) is 1. The maximum absolute atomic E-state index is 12.7. The molecular formula is C14H16N6O2S. The molecule has 0 aromatic carbocycles. The van der Waals surface area contributed by atoms with Crippen LogP contribution in [0.5, 0.6) is 0 Å². The highest BCUT2D eigenvalue weighted by atomic mass is 32.2. The predicted octanol–water partition coefficient (Wildman–Crippen LogP) is 0.776. The quantitative estimate of drug-likeness (QED) is 0.593. The van der Waals surface area contributed by atoms with E-state index in [-0.39, 0.29) is 18.1 Å². The lowest BCUT2D eigenvalue weighted by Crippen LogP contribution is -2.49. The summed E-state index contributed by atoms with van der Waals surface area (Å²) in [6, 6.07) is 0.0188. The molecule has 4 heterocycles. The zero-order chi connectivity index (χ0) is 15.8. The minimum Gasteiger partial charge on any atom is -0.370 e. The number of thioether (sulfide) groups is 1. The van der Waals surface area contributed by atoms with E-state index in [0.717, 1.165) is 12.1 Å². The second-order valence-electron chi connectivity index (χ2n) is 5.59. The Kier molecular flexibility index (Phi) is 3.74. The van der Waals surface area contributed by atoms with Crippen molar-refractivity contribution in [3.05, 3.63) is 29.8 Å². The fourth-order valence-electron chi connectivity index (χ4n) is 3.08. The number of piperidine rings is 1. The summed E-state index contributed by atoms with van der Waals surface area (Å²) < 4.78 is 7.75. The van der Waals surface area contributed by atoms with E-state index in [0.29, 0.717) is 30.4 Å². The summed E-state index contributed by atoms with van der Waals surface area (Å²) >= 11 is 1.45. The lowest BCUT2D eigenvalue weighted by molar-refractivity contribution is -0.0605. The molecule has 0 aliphatic carbocycles. The SMILES string of the molecule is CSc1ncc(C(=O)N2CC[C@@H]3OCc4cnnn4[C@@H]3C2)cn1. The normalized spacial score (nSPS) is 23.3. The van der Waals surface area contributed by atoms with Crippen LogP contribution >= 0.6 is 11.8 Å². The third-order valence-electron chi connectivity index (χ3n) is 4.27. The summed E-state index contributed by atoms with van der Waals surface area (Å²) in [5.74, 6) is -0.0525. The van der Waals surface area contributed by atoms with E-state index in [1.807, 2.05) is 15.8 Å². The average Bonchev–Trinajstić information content (AvgIpc) is 3.10. The smallest absolute Gasteiger partial charge is 0.257 e. The van der Waals surface area contributed by atoms with Gasteiger partial charge in [0.1, 0.15) is 0 Å². The van der Waals surface area contributed by atoms with Crippen LogP contribution in [0.3, 0.4) is 0 Å². The molecule has 1 fully saturated rings. The number of amides is 1. The Morgan fingerprint density at radius 2 is 2.17 bits per heavy atom. The van der Waals surface area contributed by atoms with Gasteiger partial charge in [0.2, 0.25) is 0 Å². The molecule has 1 saturated heterocycles. The lowest BCUT2D eigenvalue weighted by atomic mass is 10.00. The highest BCUT2D eigenvalue weighted by molar-refractivity contribution is 7.98. The molecule has 0 spiro atoms. The minimum absolute atomic E-state index is 0.0188. The Hall–Kier alpha value is -2.00. The van der Waals surface area contributed by atoms with Crippen molar-refractivity contribution in [1.82, 2.24) is 29.9 Å². The summed E-state index contributed by atoms with van der Waals surface area (Å²) in [5.41, 5.74) is 1.46. The van der Waals surface area contributed by atoms with Gasteiger partial charge in [0.25, 0.3) is 5.91 Å². The first-order valence-electron chi connectivity index (χ1n) is 7.42. The van der Waals surface area contributed by atoms with E-state index in [9.17, 15) is 4.79 Å². The summed E-state index contributed by atoms with van der Waals surface area (Å²) in [4.78, 5) is 22.8. The number of hydrogen-bond donors (Lipinski definition) is 0. The van der Waals surface area contributed by atoms with E-state index in [4.69, 9.17) is 4.74 Å². The first-order chi connectivity index (χ1) is 11.3. The molecule has 0 radical (unpaired) electrons. The molecule has 2 atom stereocenters. The van der Waals surface area contributed by atoms with Gasteiger partial charge >= 0.3 is 0 Å². The standard InChI is InChI=1S/C14H16N6O2S/c1-23-14-15-4-9(5-16-14)13(21)19-3-2-12-11(7-19)20-10(8-22-12)6-17-18-20/h4-6,11-12H,2-3,7-8H2,1H3/t11-,12+/m1/s1. The number of carbonyl (C=O) groups excluding carboxylic acids is 1. The first-order valence-corrected chi connectivity index (χ1v) is 8.64. The van der Waals surface area contributed by atoms with Crippen LogP contribution in [0.25, 0.3) is 0 Å². The van der Waals surface area contributed by atoms with Crippen LogP contribution < -0.4 is 0 Å². The fourth-order valence-corrected chi connectivity index (χ4v) is 3.39. The van der Waals surface area contributed by atoms with E-state index >= 15 is 0 Å². The van der Waals surface area contributed by atoms with Crippen molar-refractivity contribution in [2.75, 3.05) is 19.3 Å². The van der Waals surface area contributed by atoms with Crippen molar-refractivity contribution in [3.63, 3.8) is 0 Å². The van der Waals surface area contributed by atoms with Gasteiger partial charge in [-0.25, -0.2) is 14.6 Å². The molecular weight excluding hydrogens is 316 g/mol. The summed E-state index contributed by atoms with van der Waals surface area (Å²) in [5, 5.41) is 8.76. The van der Waals surface area contributed by atoms with Crippen LogP contribution in [-0.4, -0.2) is 61.2 Å². The molecule has 2 aromatic rings. The summed E-state index contributed by atoms with van der Waals surface area (Å²) in [6.45, 7) is 1.75. The zero-order valence-electron chi connectivity index (χ0n) is 12.6. The van der Waals surface area contributed by atoms with Gasteiger partial charge in [-0.3, -0.25) is 4.79 Å². The number of nitrogens with zero attached hydrogens (tertiary/aromatic N) is 6. The molecule has 2 aliphatic heterocycles. The summed E-state index contributed by atoms with van der Waals surface area (Å²) in [6.07, 6.45) is 7.67. The van der Waals surface area contributed by atoms with Gasteiger partial charge in [-0.15, -0.1) is 5.10 Å². The van der Waals surface area contributed by atoms with Crippen molar-refractivity contribution in [2.45, 2.75) is 30.3 Å². The predicted molar refractivity (Wildman–Crippen MR) is 82.0 cm³/mol. The molecule has 0 saturated carbocycles. The monoisotopic (exact) mass is 332 g/mol. The highest BCUT2D eigenvalue weighted by Crippen LogP contribution is 2.30. The van der Waals surface area contributed by atoms with E-state index in [1.54, 1.807) is 18.6 Å². The molecule has 9 heteroatoms. The van der Waals surface area contributed by atoms with Gasteiger partial charge in [0, 0.05) is 25.5 Å². The van der Waals surface area contributed by atoms with Crippen molar-refractivity contribution < 1.29 is 9.53 Å². The van der Waals surface area contributed by atoms with Gasteiger partial charge in [0.05, 0.1) is 36.2 Å². The molecule has 0 bridgehead atoms. The number of ether oxygens (including phenoxy) is 1. The number of carbonyl (C=O) groups is 1. The number of fused-ring (bicyclic) bond motifs is 3. The molecule has 2 aromatic heterocycles. The third kappa shape index (κ3) is 2.59. The average molecular weight is 332 g/mol. The Balaban J connectivity index is 1.54. The van der Waals surface area contributed by atoms with Crippen LogP contribution in [-0.2, 0) is 11.3 Å². The molecule has 2 aliphatic rings. The van der Waals surface area contributed by atoms with Gasteiger partial charge in [-0.05, 0) is 12.7 Å². The Morgan fingerprint density at radius 1 is 1.35 bits per heavy atom. The third-order valence-corrected chi connectivity index (χ3v) is 4.85. The molecule has 4 rings (SSSR count). The Morgan fingerprint density at radius 3 is 2.96 bits per heavy atom. The van der Waals surface area contributed by atoms with Crippen LogP contribution in [0.2, 0.25) is 0 Å². The van der Waals surface area contributed by atoms with Crippen molar-refractivity contribution in [3.8, 4) is 0 Å². The first kappa shape index (κ1) is 14.6. The van der Waals surface area contributed by atoms with Crippen molar-refractivity contribution in [2.24, 2.45) is 0 Å². The van der Waals surface area contributed by atoms with Crippen molar-refractivity contribution in [1.29, 1.82) is 0 Å². The lowest BCUT2D eigenvalue weighted by Gasteiger charge is -2.40. The highest BCUT2D eigenvalue weighted by Gasteiger charge is 2.38. The number of rotatable bonds is 2. The van der Waals surface area contributed by atoms with Gasteiger partial charge in [-0.2, -0.15) is 0 Å². The molecule has 0 N–H and O–H groups in total. The zero-order valence-corrected chi connectivity index (χ0v) is 13.4. The molecule has 120 valence electrons. The molecule has 8 nitrogen and oxygen atoms in total. The topological polar surface area (TPSA) is 86.0 Å². The van der Waals surface area contributed by atoms with Crippen LogP contribution in [0.15, 0.2) is 23.7 Å². The maximum Gasteiger partial charge on any atom is 0.257 e. The Labute approximate surface area is 137 Å². The van der Waals surface area contributed by atoms with E-state index in [2.05, 4.69) is 20.3 Å². The van der Waals surface area contributed by atoms with E-state index < -0.39 is 0 Å². The Bertz CT molecular complexity index is 718. The van der Waals surface area contributed by atoms with Crippen LogP contribution in [0.4, 0.5) is 0 Å².